The number of anilines is 1. The first-order valence-corrected chi connectivity index (χ1v) is 12.5. The lowest BCUT2D eigenvalue weighted by molar-refractivity contribution is 0.0499. The van der Waals surface area contributed by atoms with Crippen LogP contribution in [0.25, 0.3) is 0 Å². The van der Waals surface area contributed by atoms with E-state index in [0.29, 0.717) is 35.8 Å². The molecule has 34 heavy (non-hydrogen) atoms. The van der Waals surface area contributed by atoms with Crippen LogP contribution in [0.3, 0.4) is 0 Å². The summed E-state index contributed by atoms with van der Waals surface area (Å²) < 4.78 is 11.0. The Hall–Kier alpha value is -3.25. The lowest BCUT2D eigenvalue weighted by Gasteiger charge is -2.13. The minimum Gasteiger partial charge on any atom is -0.494 e. The molecule has 0 aliphatic carbocycles. The second-order valence-electron chi connectivity index (χ2n) is 7.88. The SMILES string of the molecule is CCCCOC(=O)c1ccc(NC(=O)c2ccc(OCC)c(CSc3ccc(C)cc3)c2)cc1. The monoisotopic (exact) mass is 477 g/mol. The highest BCUT2D eigenvalue weighted by Crippen LogP contribution is 2.29. The van der Waals surface area contributed by atoms with Gasteiger partial charge in [-0.15, -0.1) is 11.8 Å². The molecule has 3 aromatic carbocycles. The van der Waals surface area contributed by atoms with E-state index in [4.69, 9.17) is 9.47 Å². The van der Waals surface area contributed by atoms with Gasteiger partial charge < -0.3 is 14.8 Å². The highest BCUT2D eigenvalue weighted by Gasteiger charge is 2.13. The summed E-state index contributed by atoms with van der Waals surface area (Å²) in [7, 11) is 0. The molecule has 178 valence electrons. The second kappa shape index (κ2) is 12.8. The van der Waals surface area contributed by atoms with Crippen molar-refractivity contribution < 1.29 is 19.1 Å². The average molecular weight is 478 g/mol. The number of nitrogens with one attached hydrogen (secondary N) is 1. The first-order chi connectivity index (χ1) is 16.5. The zero-order valence-corrected chi connectivity index (χ0v) is 20.7. The molecule has 0 aliphatic heterocycles. The van der Waals surface area contributed by atoms with Crippen molar-refractivity contribution in [2.45, 2.75) is 44.3 Å². The van der Waals surface area contributed by atoms with Crippen LogP contribution < -0.4 is 10.1 Å². The van der Waals surface area contributed by atoms with Crippen LogP contribution in [0.2, 0.25) is 0 Å². The summed E-state index contributed by atoms with van der Waals surface area (Å²) in [5.74, 6) is 0.898. The van der Waals surface area contributed by atoms with Crippen molar-refractivity contribution in [2.75, 3.05) is 18.5 Å². The van der Waals surface area contributed by atoms with E-state index in [0.717, 1.165) is 29.1 Å². The fourth-order valence-electron chi connectivity index (χ4n) is 3.21. The van der Waals surface area contributed by atoms with E-state index in [1.165, 1.54) is 5.56 Å². The number of ether oxygens (including phenoxy) is 2. The summed E-state index contributed by atoms with van der Waals surface area (Å²) >= 11 is 1.70. The predicted octanol–water partition coefficient (Wildman–Crippen LogP) is 6.90. The Labute approximate surface area is 205 Å². The molecule has 0 saturated heterocycles. The number of carbonyl (C=O) groups excluding carboxylic acids is 2. The number of benzene rings is 3. The van der Waals surface area contributed by atoms with Crippen molar-refractivity contribution in [3.8, 4) is 5.75 Å². The second-order valence-corrected chi connectivity index (χ2v) is 8.93. The lowest BCUT2D eigenvalue weighted by atomic mass is 10.1. The molecule has 6 heteroatoms. The van der Waals surface area contributed by atoms with E-state index >= 15 is 0 Å². The number of unbranched alkanes of at least 4 members (excludes halogenated alkanes) is 1. The number of hydrogen-bond acceptors (Lipinski definition) is 5. The van der Waals surface area contributed by atoms with Gasteiger partial charge in [0.15, 0.2) is 0 Å². The van der Waals surface area contributed by atoms with Crippen molar-refractivity contribution >= 4 is 29.3 Å². The summed E-state index contributed by atoms with van der Waals surface area (Å²) in [5, 5.41) is 2.90. The van der Waals surface area contributed by atoms with Gasteiger partial charge in [0.2, 0.25) is 0 Å². The van der Waals surface area contributed by atoms with Crippen molar-refractivity contribution in [3.05, 3.63) is 89.0 Å². The first kappa shape index (κ1) is 25.4. The molecule has 0 heterocycles. The molecule has 3 aromatic rings. The number of thioether (sulfide) groups is 1. The third-order valence-electron chi connectivity index (χ3n) is 5.15. The van der Waals surface area contributed by atoms with Gasteiger partial charge in [-0.2, -0.15) is 0 Å². The number of aryl methyl sites for hydroxylation is 1. The van der Waals surface area contributed by atoms with E-state index in [1.54, 1.807) is 42.1 Å². The van der Waals surface area contributed by atoms with Crippen molar-refractivity contribution in [3.63, 3.8) is 0 Å². The molecule has 0 radical (unpaired) electrons. The van der Waals surface area contributed by atoms with Crippen LogP contribution in [0.5, 0.6) is 5.75 Å². The van der Waals surface area contributed by atoms with E-state index < -0.39 is 0 Å². The van der Waals surface area contributed by atoms with Gasteiger partial charge in [0, 0.05) is 27.5 Å². The molecule has 0 fully saturated rings. The summed E-state index contributed by atoms with van der Waals surface area (Å²) in [6.45, 7) is 7.02. The van der Waals surface area contributed by atoms with E-state index in [1.807, 2.05) is 26.0 Å². The van der Waals surface area contributed by atoms with Gasteiger partial charge in [0.05, 0.1) is 18.8 Å². The Balaban J connectivity index is 1.67. The predicted molar refractivity (Wildman–Crippen MR) is 138 cm³/mol. The average Bonchev–Trinajstić information content (AvgIpc) is 2.85. The summed E-state index contributed by atoms with van der Waals surface area (Å²) in [6.07, 6.45) is 1.81. The number of hydrogen-bond donors (Lipinski definition) is 1. The minimum atomic E-state index is -0.353. The van der Waals surface area contributed by atoms with Crippen molar-refractivity contribution in [1.82, 2.24) is 0 Å². The maximum absolute atomic E-state index is 12.9. The molecule has 0 saturated carbocycles. The van der Waals surface area contributed by atoms with Gasteiger partial charge in [-0.3, -0.25) is 4.79 Å². The fraction of sp³-hybridized carbons (Fsp3) is 0.286. The highest BCUT2D eigenvalue weighted by atomic mass is 32.2. The lowest BCUT2D eigenvalue weighted by Crippen LogP contribution is -2.13. The minimum absolute atomic E-state index is 0.220. The number of rotatable bonds is 11. The third kappa shape index (κ3) is 7.39. The Bertz CT molecular complexity index is 1090. The van der Waals surface area contributed by atoms with Gasteiger partial charge in [-0.05, 0) is 74.9 Å². The Morgan fingerprint density at radius 1 is 0.912 bits per heavy atom. The summed E-state index contributed by atoms with van der Waals surface area (Å²) in [5.41, 5.74) is 3.81. The maximum atomic E-state index is 12.9. The quantitative estimate of drug-likeness (QED) is 0.185. The fourth-order valence-corrected chi connectivity index (χ4v) is 4.09. The van der Waals surface area contributed by atoms with E-state index in [9.17, 15) is 9.59 Å². The van der Waals surface area contributed by atoms with Gasteiger partial charge in [-0.1, -0.05) is 31.0 Å². The summed E-state index contributed by atoms with van der Waals surface area (Å²) in [4.78, 5) is 26.1. The van der Waals surface area contributed by atoms with Crippen LogP contribution in [0, 0.1) is 6.92 Å². The molecule has 1 amide bonds. The molecule has 0 unspecified atom stereocenters. The van der Waals surface area contributed by atoms with Crippen LogP contribution in [0.15, 0.2) is 71.6 Å². The standard InChI is InChI=1S/C28H31NO4S/c1-4-6-17-33-28(31)21-9-12-24(13-10-21)29-27(30)22-11-16-26(32-5-2)23(18-22)19-34-25-14-7-20(3)8-15-25/h7-16,18H,4-6,17,19H2,1-3H3,(H,29,30). The molecule has 0 spiro atoms. The van der Waals surface area contributed by atoms with Crippen molar-refractivity contribution in [2.24, 2.45) is 0 Å². The summed E-state index contributed by atoms with van der Waals surface area (Å²) in [6, 6.07) is 20.6. The van der Waals surface area contributed by atoms with Crippen LogP contribution in [-0.4, -0.2) is 25.1 Å². The van der Waals surface area contributed by atoms with Gasteiger partial charge >= 0.3 is 5.97 Å². The molecule has 0 bridgehead atoms. The Morgan fingerprint density at radius 3 is 2.29 bits per heavy atom. The largest absolute Gasteiger partial charge is 0.494 e. The third-order valence-corrected chi connectivity index (χ3v) is 6.21. The van der Waals surface area contributed by atoms with Crippen molar-refractivity contribution in [1.29, 1.82) is 0 Å². The molecule has 0 atom stereocenters. The molecular weight excluding hydrogens is 446 g/mol. The molecule has 0 aromatic heterocycles. The smallest absolute Gasteiger partial charge is 0.338 e. The molecule has 0 aliphatic rings. The van der Waals surface area contributed by atoms with Gasteiger partial charge in [0.25, 0.3) is 5.91 Å². The first-order valence-electron chi connectivity index (χ1n) is 11.5. The number of esters is 1. The topological polar surface area (TPSA) is 64.6 Å². The number of carbonyl (C=O) groups is 2. The molecule has 3 rings (SSSR count). The van der Waals surface area contributed by atoms with Crippen LogP contribution >= 0.6 is 11.8 Å². The zero-order valence-electron chi connectivity index (χ0n) is 19.9. The molecule has 1 N–H and O–H groups in total. The number of amides is 1. The van der Waals surface area contributed by atoms with E-state index in [-0.39, 0.29) is 11.9 Å². The van der Waals surface area contributed by atoms with Crippen LogP contribution in [-0.2, 0) is 10.5 Å². The maximum Gasteiger partial charge on any atom is 0.338 e. The van der Waals surface area contributed by atoms with Gasteiger partial charge in [0.1, 0.15) is 5.75 Å². The van der Waals surface area contributed by atoms with E-state index in [2.05, 4.69) is 36.5 Å². The highest BCUT2D eigenvalue weighted by molar-refractivity contribution is 7.98. The Kier molecular flexibility index (Phi) is 9.59. The Morgan fingerprint density at radius 2 is 1.62 bits per heavy atom. The molecular formula is C28H31NO4S. The van der Waals surface area contributed by atoms with Crippen LogP contribution in [0.4, 0.5) is 5.69 Å². The zero-order chi connectivity index (χ0) is 24.3. The van der Waals surface area contributed by atoms with Crippen LogP contribution in [0.1, 0.15) is 58.5 Å². The molecule has 5 nitrogen and oxygen atoms in total. The normalized spacial score (nSPS) is 10.6. The van der Waals surface area contributed by atoms with Gasteiger partial charge in [-0.25, -0.2) is 4.79 Å².